The van der Waals surface area contributed by atoms with Crippen LogP contribution in [0.5, 0.6) is 0 Å². The van der Waals surface area contributed by atoms with Crippen LogP contribution in [0.1, 0.15) is 21.7 Å². The molecule has 8 nitrogen and oxygen atoms in total. The van der Waals surface area contributed by atoms with Gasteiger partial charge in [0.05, 0.1) is 4.90 Å². The van der Waals surface area contributed by atoms with Crippen LogP contribution in [-0.4, -0.2) is 54.3 Å². The van der Waals surface area contributed by atoms with E-state index < -0.39 is 15.8 Å². The molecule has 0 unspecified atom stereocenters. The zero-order valence-electron chi connectivity index (χ0n) is 16.7. The number of furan rings is 1. The van der Waals surface area contributed by atoms with Gasteiger partial charge in [0.1, 0.15) is 28.8 Å². The van der Waals surface area contributed by atoms with Crippen molar-refractivity contribution in [3.63, 3.8) is 0 Å². The number of hydrogen-bond donors (Lipinski definition) is 0. The lowest BCUT2D eigenvalue weighted by Gasteiger charge is -2.34. The number of carbonyl (C=O) groups is 1. The Morgan fingerprint density at radius 1 is 1.13 bits per heavy atom. The molecular formula is C21H19FN4O4S. The Hall–Kier alpha value is -3.42. The number of nitrogens with zero attached hydrogens (tertiary/aromatic N) is 4. The van der Waals surface area contributed by atoms with Crippen molar-refractivity contribution in [1.82, 2.24) is 13.8 Å². The van der Waals surface area contributed by atoms with Crippen molar-refractivity contribution >= 4 is 15.9 Å². The van der Waals surface area contributed by atoms with Crippen LogP contribution in [-0.2, 0) is 10.0 Å². The molecule has 1 amide bonds. The average Bonchev–Trinajstić information content (AvgIpc) is 3.40. The van der Waals surface area contributed by atoms with Gasteiger partial charge in [0, 0.05) is 38.6 Å². The number of sulfonamides is 1. The smallest absolute Gasteiger partial charge is 0.258 e. The maximum atomic E-state index is 13.5. The number of piperazine rings is 1. The van der Waals surface area contributed by atoms with Gasteiger partial charge in [-0.1, -0.05) is 6.07 Å². The summed E-state index contributed by atoms with van der Waals surface area (Å²) in [6.07, 6.45) is 3.42. The third kappa shape index (κ3) is 3.73. The van der Waals surface area contributed by atoms with Crippen LogP contribution in [0.25, 0.3) is 5.88 Å². The Labute approximate surface area is 178 Å². The van der Waals surface area contributed by atoms with E-state index in [1.165, 1.54) is 27.4 Å². The summed E-state index contributed by atoms with van der Waals surface area (Å²) >= 11 is 0. The van der Waals surface area contributed by atoms with Gasteiger partial charge >= 0.3 is 0 Å². The first-order valence-electron chi connectivity index (χ1n) is 9.54. The third-order valence-corrected chi connectivity index (χ3v) is 7.08. The van der Waals surface area contributed by atoms with Crippen LogP contribution < -0.4 is 0 Å². The molecule has 1 fully saturated rings. The molecular weight excluding hydrogens is 423 g/mol. The summed E-state index contributed by atoms with van der Waals surface area (Å²) in [5, 5.41) is 9.64. The lowest BCUT2D eigenvalue weighted by molar-refractivity contribution is 0.0696. The lowest BCUT2D eigenvalue weighted by Crippen LogP contribution is -2.50. The lowest BCUT2D eigenvalue weighted by atomic mass is 10.1. The molecule has 1 aromatic carbocycles. The number of rotatable bonds is 4. The Morgan fingerprint density at radius 2 is 1.81 bits per heavy atom. The van der Waals surface area contributed by atoms with Crippen LogP contribution in [0, 0.1) is 24.1 Å². The molecule has 0 radical (unpaired) electrons. The largest absolute Gasteiger partial charge is 0.443 e. The fourth-order valence-corrected chi connectivity index (χ4v) is 5.06. The number of hydrogen-bond acceptors (Lipinski definition) is 5. The molecule has 0 N–H and O–H groups in total. The van der Waals surface area contributed by atoms with Gasteiger partial charge in [-0.2, -0.15) is 9.57 Å². The highest BCUT2D eigenvalue weighted by atomic mass is 32.2. The molecule has 0 spiro atoms. The molecule has 10 heteroatoms. The molecule has 1 aliphatic rings. The highest BCUT2D eigenvalue weighted by Crippen LogP contribution is 2.27. The average molecular weight is 442 g/mol. The monoisotopic (exact) mass is 442 g/mol. The number of halogens is 1. The van der Waals surface area contributed by atoms with Gasteiger partial charge in [0.25, 0.3) is 5.91 Å². The first kappa shape index (κ1) is 20.8. The molecule has 0 bridgehead atoms. The highest BCUT2D eigenvalue weighted by Gasteiger charge is 2.33. The van der Waals surface area contributed by atoms with Crippen LogP contribution in [0.2, 0.25) is 0 Å². The van der Waals surface area contributed by atoms with Crippen molar-refractivity contribution in [3.05, 3.63) is 71.5 Å². The van der Waals surface area contributed by atoms with Gasteiger partial charge in [-0.15, -0.1) is 0 Å². The molecule has 4 rings (SSSR count). The molecule has 0 atom stereocenters. The minimum Gasteiger partial charge on any atom is -0.443 e. The number of benzene rings is 1. The minimum atomic E-state index is -3.86. The van der Waals surface area contributed by atoms with Crippen molar-refractivity contribution in [2.45, 2.75) is 11.8 Å². The topological polar surface area (TPSA) is 99.5 Å². The van der Waals surface area contributed by atoms with Crippen molar-refractivity contribution < 1.29 is 22.0 Å². The van der Waals surface area contributed by atoms with Gasteiger partial charge in [-0.25, -0.2) is 12.8 Å². The summed E-state index contributed by atoms with van der Waals surface area (Å²) in [5.41, 5.74) is 0.307. The zero-order chi connectivity index (χ0) is 22.2. The van der Waals surface area contributed by atoms with E-state index in [2.05, 4.69) is 0 Å². The minimum absolute atomic E-state index is 0.0633. The highest BCUT2D eigenvalue weighted by molar-refractivity contribution is 7.89. The predicted molar refractivity (Wildman–Crippen MR) is 109 cm³/mol. The van der Waals surface area contributed by atoms with Crippen molar-refractivity contribution in [1.29, 1.82) is 5.26 Å². The molecule has 3 heterocycles. The number of aryl methyl sites for hydroxylation is 1. The maximum absolute atomic E-state index is 13.5. The van der Waals surface area contributed by atoms with E-state index in [0.29, 0.717) is 5.76 Å². The number of aromatic nitrogens is 1. The second-order valence-electron chi connectivity index (χ2n) is 7.07. The predicted octanol–water partition coefficient (Wildman–Crippen LogP) is 2.54. The van der Waals surface area contributed by atoms with Crippen molar-refractivity contribution in [2.75, 3.05) is 26.2 Å². The summed E-state index contributed by atoms with van der Waals surface area (Å²) < 4.78 is 47.5. The van der Waals surface area contributed by atoms with E-state index >= 15 is 0 Å². The molecule has 1 aliphatic heterocycles. The molecule has 1 saturated heterocycles. The summed E-state index contributed by atoms with van der Waals surface area (Å²) in [4.78, 5) is 14.5. The quantitative estimate of drug-likeness (QED) is 0.618. The van der Waals surface area contributed by atoms with Gasteiger partial charge < -0.3 is 9.32 Å². The van der Waals surface area contributed by atoms with E-state index in [-0.39, 0.29) is 54.0 Å². The zero-order valence-corrected chi connectivity index (χ0v) is 17.5. The molecule has 2 aromatic heterocycles. The Balaban J connectivity index is 1.54. The second kappa shape index (κ2) is 8.02. The first-order chi connectivity index (χ1) is 14.8. The molecule has 0 saturated carbocycles. The molecule has 0 aliphatic carbocycles. The fraction of sp³-hybridized carbons (Fsp3) is 0.238. The van der Waals surface area contributed by atoms with Crippen LogP contribution in [0.3, 0.4) is 0 Å². The van der Waals surface area contributed by atoms with Crippen LogP contribution >= 0.6 is 0 Å². The second-order valence-corrected chi connectivity index (χ2v) is 9.01. The van der Waals surface area contributed by atoms with E-state index in [9.17, 15) is 22.9 Å². The maximum Gasteiger partial charge on any atom is 0.258 e. The number of nitriles is 1. The van der Waals surface area contributed by atoms with E-state index in [1.807, 2.05) is 6.07 Å². The first-order valence-corrected chi connectivity index (χ1v) is 11.0. The Bertz CT molecular complexity index is 1270. The van der Waals surface area contributed by atoms with Gasteiger partial charge in [-0.3, -0.25) is 9.36 Å². The van der Waals surface area contributed by atoms with E-state index in [4.69, 9.17) is 4.42 Å². The van der Waals surface area contributed by atoms with Crippen LogP contribution in [0.15, 0.2) is 58.1 Å². The third-order valence-electron chi connectivity index (χ3n) is 5.19. The van der Waals surface area contributed by atoms with E-state index in [0.717, 1.165) is 6.07 Å². The summed E-state index contributed by atoms with van der Waals surface area (Å²) in [6, 6.07) is 10.4. The van der Waals surface area contributed by atoms with Crippen LogP contribution in [0.4, 0.5) is 4.39 Å². The summed E-state index contributed by atoms with van der Waals surface area (Å²) in [6.45, 7) is 2.02. The van der Waals surface area contributed by atoms with Gasteiger partial charge in [-0.05, 0) is 37.3 Å². The van der Waals surface area contributed by atoms with E-state index in [1.54, 1.807) is 36.0 Å². The fourth-order valence-electron chi connectivity index (χ4n) is 3.61. The molecule has 3 aromatic rings. The van der Waals surface area contributed by atoms with Crippen molar-refractivity contribution in [3.8, 4) is 12.0 Å². The van der Waals surface area contributed by atoms with Crippen molar-refractivity contribution in [2.24, 2.45) is 0 Å². The van der Waals surface area contributed by atoms with Gasteiger partial charge in [0.2, 0.25) is 15.9 Å². The molecule has 160 valence electrons. The molecule has 31 heavy (non-hydrogen) atoms. The summed E-state index contributed by atoms with van der Waals surface area (Å²) in [7, 11) is -3.86. The van der Waals surface area contributed by atoms with Gasteiger partial charge in [0.15, 0.2) is 0 Å². The number of carbonyl (C=O) groups excluding carboxylic acids is 1. The Morgan fingerprint density at radius 3 is 2.42 bits per heavy atom. The normalized spacial score (nSPS) is 15.1. The SMILES string of the molecule is Cc1oc(-n2cccc2)c(C#N)c1C(=O)N1CCN(S(=O)(=O)c2cccc(F)c2)CC1. The Kier molecular flexibility index (Phi) is 5.39. The standard InChI is InChI=1S/C21H19FN4O4S/c1-15-19(18(14-23)21(30-15)25-7-2-3-8-25)20(27)24-9-11-26(12-10-24)31(28,29)17-6-4-5-16(22)13-17/h2-8,13H,9-12H2,1H3. The number of amides is 1. The summed E-state index contributed by atoms with van der Waals surface area (Å²) in [5.74, 6) is -0.437.